The third-order valence-electron chi connectivity index (χ3n) is 3.60. The van der Waals surface area contributed by atoms with E-state index in [4.69, 9.17) is 10.7 Å². The summed E-state index contributed by atoms with van der Waals surface area (Å²) in [6.07, 6.45) is 7.27. The van der Waals surface area contributed by atoms with E-state index in [1.54, 1.807) is 0 Å². The highest BCUT2D eigenvalue weighted by Gasteiger charge is 2.20. The van der Waals surface area contributed by atoms with Gasteiger partial charge in [0, 0.05) is 17.3 Å². The van der Waals surface area contributed by atoms with Gasteiger partial charge in [-0.25, -0.2) is 9.97 Å². The molecule has 1 heterocycles. The van der Waals surface area contributed by atoms with E-state index < -0.39 is 0 Å². The van der Waals surface area contributed by atoms with Crippen molar-refractivity contribution in [2.75, 3.05) is 0 Å². The van der Waals surface area contributed by atoms with Gasteiger partial charge in [0.15, 0.2) is 0 Å². The number of hydrogen-bond donors (Lipinski definition) is 1. The third kappa shape index (κ3) is 3.03. The lowest BCUT2D eigenvalue weighted by Crippen LogP contribution is -2.16. The monoisotopic (exact) mass is 233 g/mol. The van der Waals surface area contributed by atoms with Crippen molar-refractivity contribution < 1.29 is 0 Å². The largest absolute Gasteiger partial charge is 0.321 e. The van der Waals surface area contributed by atoms with E-state index >= 15 is 0 Å². The van der Waals surface area contributed by atoms with Gasteiger partial charge in [0.2, 0.25) is 0 Å². The van der Waals surface area contributed by atoms with Crippen LogP contribution in [0.15, 0.2) is 6.07 Å². The van der Waals surface area contributed by atoms with E-state index in [2.05, 4.69) is 18.0 Å². The third-order valence-corrected chi connectivity index (χ3v) is 3.60. The van der Waals surface area contributed by atoms with Crippen molar-refractivity contribution in [1.29, 1.82) is 0 Å². The number of nitrogens with two attached hydrogens (primary N) is 1. The van der Waals surface area contributed by atoms with Crippen LogP contribution in [0.3, 0.4) is 0 Å². The van der Waals surface area contributed by atoms with E-state index in [0.29, 0.717) is 5.92 Å². The van der Waals surface area contributed by atoms with Crippen LogP contribution in [0.25, 0.3) is 0 Å². The summed E-state index contributed by atoms with van der Waals surface area (Å²) in [4.78, 5) is 9.19. The second-order valence-electron chi connectivity index (χ2n) is 5.17. The smallest absolute Gasteiger partial charge is 0.145 e. The summed E-state index contributed by atoms with van der Waals surface area (Å²) >= 11 is 0. The van der Waals surface area contributed by atoms with Crippen LogP contribution in [0.5, 0.6) is 0 Å². The highest BCUT2D eigenvalue weighted by Crippen LogP contribution is 2.33. The fourth-order valence-corrected chi connectivity index (χ4v) is 2.65. The first-order valence-corrected chi connectivity index (χ1v) is 6.81. The Morgan fingerprint density at radius 3 is 2.71 bits per heavy atom. The molecule has 0 bridgehead atoms. The molecule has 2 N–H and O–H groups in total. The lowest BCUT2D eigenvalue weighted by atomic mass is 10.0. The van der Waals surface area contributed by atoms with Crippen molar-refractivity contribution in [2.24, 2.45) is 5.73 Å². The lowest BCUT2D eigenvalue weighted by Gasteiger charge is -2.14. The molecular formula is C14H23N3. The van der Waals surface area contributed by atoms with Gasteiger partial charge in [-0.2, -0.15) is 0 Å². The van der Waals surface area contributed by atoms with E-state index in [0.717, 1.165) is 24.4 Å². The molecule has 1 atom stereocenters. The van der Waals surface area contributed by atoms with Crippen LogP contribution in [0.4, 0.5) is 0 Å². The van der Waals surface area contributed by atoms with Crippen LogP contribution < -0.4 is 5.73 Å². The van der Waals surface area contributed by atoms with Crippen LogP contribution >= 0.6 is 0 Å². The molecule has 17 heavy (non-hydrogen) atoms. The molecule has 0 radical (unpaired) electrons. The Morgan fingerprint density at radius 1 is 1.35 bits per heavy atom. The van der Waals surface area contributed by atoms with Crippen LogP contribution in [-0.2, 0) is 0 Å². The number of aryl methyl sites for hydroxylation is 1. The van der Waals surface area contributed by atoms with E-state index in [1.165, 1.54) is 31.4 Å². The highest BCUT2D eigenvalue weighted by atomic mass is 14.9. The molecule has 1 aliphatic rings. The fourth-order valence-electron chi connectivity index (χ4n) is 2.65. The summed E-state index contributed by atoms with van der Waals surface area (Å²) in [5.74, 6) is 1.48. The standard InChI is InChI=1S/C14H23N3/c1-3-6-12(15)14-16-10(2)9-13(17-14)11-7-4-5-8-11/h9,11-12H,3-8,15H2,1-2H3. The Morgan fingerprint density at radius 2 is 2.06 bits per heavy atom. The van der Waals surface area contributed by atoms with E-state index in [9.17, 15) is 0 Å². The summed E-state index contributed by atoms with van der Waals surface area (Å²) in [7, 11) is 0. The van der Waals surface area contributed by atoms with Gasteiger partial charge in [-0.3, -0.25) is 0 Å². The molecule has 1 aromatic rings. The molecule has 1 aromatic heterocycles. The van der Waals surface area contributed by atoms with Gasteiger partial charge in [0.25, 0.3) is 0 Å². The van der Waals surface area contributed by atoms with Crippen LogP contribution in [-0.4, -0.2) is 9.97 Å². The molecule has 0 amide bonds. The zero-order chi connectivity index (χ0) is 12.3. The minimum absolute atomic E-state index is 0.0000491. The summed E-state index contributed by atoms with van der Waals surface area (Å²) in [6, 6.07) is 2.14. The molecule has 1 saturated carbocycles. The summed E-state index contributed by atoms with van der Waals surface area (Å²) in [6.45, 7) is 4.19. The van der Waals surface area contributed by atoms with Crippen LogP contribution in [0, 0.1) is 6.92 Å². The predicted molar refractivity (Wildman–Crippen MR) is 69.8 cm³/mol. The van der Waals surface area contributed by atoms with Gasteiger partial charge in [0.05, 0.1) is 6.04 Å². The zero-order valence-corrected chi connectivity index (χ0v) is 10.9. The SMILES string of the molecule is CCCC(N)c1nc(C)cc(C2CCCC2)n1. The molecule has 3 heteroatoms. The van der Waals surface area contributed by atoms with Gasteiger partial charge in [-0.05, 0) is 32.3 Å². The lowest BCUT2D eigenvalue weighted by molar-refractivity contribution is 0.585. The molecule has 1 aliphatic carbocycles. The van der Waals surface area contributed by atoms with E-state index in [1.807, 2.05) is 6.92 Å². The van der Waals surface area contributed by atoms with Gasteiger partial charge < -0.3 is 5.73 Å². The average molecular weight is 233 g/mol. The topological polar surface area (TPSA) is 51.8 Å². The quantitative estimate of drug-likeness (QED) is 0.868. The van der Waals surface area contributed by atoms with Crippen molar-refractivity contribution in [3.8, 4) is 0 Å². The molecule has 0 saturated heterocycles. The Bertz CT molecular complexity index is 370. The Kier molecular flexibility index (Phi) is 4.11. The van der Waals surface area contributed by atoms with Crippen molar-refractivity contribution >= 4 is 0 Å². The first-order chi connectivity index (χ1) is 8.20. The maximum atomic E-state index is 6.12. The summed E-state index contributed by atoms with van der Waals surface area (Å²) in [5, 5.41) is 0. The molecule has 3 nitrogen and oxygen atoms in total. The number of rotatable bonds is 4. The average Bonchev–Trinajstić information content (AvgIpc) is 2.82. The maximum Gasteiger partial charge on any atom is 0.145 e. The van der Waals surface area contributed by atoms with Crippen molar-refractivity contribution in [2.45, 2.75) is 64.3 Å². The predicted octanol–water partition coefficient (Wildman–Crippen LogP) is 3.24. The Balaban J connectivity index is 2.22. The maximum absolute atomic E-state index is 6.12. The molecule has 0 aliphatic heterocycles. The van der Waals surface area contributed by atoms with Crippen LogP contribution in [0.2, 0.25) is 0 Å². The van der Waals surface area contributed by atoms with Crippen LogP contribution in [0.1, 0.15) is 74.6 Å². The molecule has 2 rings (SSSR count). The first-order valence-electron chi connectivity index (χ1n) is 6.81. The second kappa shape index (κ2) is 5.58. The molecule has 0 spiro atoms. The normalized spacial score (nSPS) is 18.5. The van der Waals surface area contributed by atoms with E-state index in [-0.39, 0.29) is 6.04 Å². The van der Waals surface area contributed by atoms with Gasteiger partial charge >= 0.3 is 0 Å². The molecule has 1 fully saturated rings. The van der Waals surface area contributed by atoms with Crippen molar-refractivity contribution in [3.63, 3.8) is 0 Å². The number of hydrogen-bond acceptors (Lipinski definition) is 3. The van der Waals surface area contributed by atoms with Crippen molar-refractivity contribution in [1.82, 2.24) is 9.97 Å². The van der Waals surface area contributed by atoms with Gasteiger partial charge in [0.1, 0.15) is 5.82 Å². The zero-order valence-electron chi connectivity index (χ0n) is 10.9. The Hall–Kier alpha value is -0.960. The van der Waals surface area contributed by atoms with Crippen molar-refractivity contribution in [3.05, 3.63) is 23.3 Å². The first kappa shape index (κ1) is 12.5. The second-order valence-corrected chi connectivity index (χ2v) is 5.17. The van der Waals surface area contributed by atoms with Gasteiger partial charge in [-0.1, -0.05) is 26.2 Å². The molecule has 1 unspecified atom stereocenters. The minimum atomic E-state index is 0.0000491. The van der Waals surface area contributed by atoms with Gasteiger partial charge in [-0.15, -0.1) is 0 Å². The number of aromatic nitrogens is 2. The number of nitrogens with zero attached hydrogens (tertiary/aromatic N) is 2. The molecular weight excluding hydrogens is 210 g/mol. The molecule has 94 valence electrons. The summed E-state index contributed by atoms with van der Waals surface area (Å²) < 4.78 is 0. The summed E-state index contributed by atoms with van der Waals surface area (Å²) in [5.41, 5.74) is 8.39. The highest BCUT2D eigenvalue weighted by molar-refractivity contribution is 5.16. The minimum Gasteiger partial charge on any atom is -0.321 e. The fraction of sp³-hybridized carbons (Fsp3) is 0.714. The molecule has 0 aromatic carbocycles. The Labute approximate surface area is 104 Å².